The summed E-state index contributed by atoms with van der Waals surface area (Å²) in [6.45, 7) is 7.57. The molecular weight excluding hydrogens is 490 g/mol. The van der Waals surface area contributed by atoms with Gasteiger partial charge in [0.1, 0.15) is 0 Å². The lowest BCUT2D eigenvalue weighted by Crippen LogP contribution is -2.38. The van der Waals surface area contributed by atoms with Crippen molar-refractivity contribution in [2.24, 2.45) is 4.99 Å². The fourth-order valence-corrected chi connectivity index (χ4v) is 3.63. The van der Waals surface area contributed by atoms with E-state index in [1.807, 2.05) is 6.92 Å². The predicted octanol–water partition coefficient (Wildman–Crippen LogP) is 3.75. The normalized spacial score (nSPS) is 15.6. The molecule has 10 heteroatoms. The molecule has 0 amide bonds. The maximum absolute atomic E-state index is 12.5. The van der Waals surface area contributed by atoms with E-state index in [1.165, 1.54) is 25.9 Å². The molecule has 27 heavy (non-hydrogen) atoms. The second kappa shape index (κ2) is 12.8. The van der Waals surface area contributed by atoms with Crippen LogP contribution >= 0.6 is 35.3 Å². The maximum Gasteiger partial charge on any atom is 0.434 e. The van der Waals surface area contributed by atoms with Crippen molar-refractivity contribution >= 4 is 41.3 Å². The summed E-state index contributed by atoms with van der Waals surface area (Å²) in [4.78, 5) is 10.7. The second-order valence-corrected chi connectivity index (χ2v) is 7.26. The van der Waals surface area contributed by atoms with E-state index in [2.05, 4.69) is 25.5 Å². The minimum atomic E-state index is -4.37. The highest BCUT2D eigenvalue weighted by molar-refractivity contribution is 14.0. The van der Waals surface area contributed by atoms with Crippen molar-refractivity contribution in [3.05, 3.63) is 16.1 Å². The SMILES string of the molecule is CCNC(=NCCCCN1CCCC1)NCCc1nc(C(F)(F)F)cs1.I. The molecule has 0 unspecified atom stereocenters. The zero-order chi connectivity index (χ0) is 18.8. The zero-order valence-corrected chi connectivity index (χ0v) is 18.8. The van der Waals surface area contributed by atoms with Gasteiger partial charge in [0.15, 0.2) is 11.7 Å². The van der Waals surface area contributed by atoms with Crippen LogP contribution in [0.4, 0.5) is 13.2 Å². The second-order valence-electron chi connectivity index (χ2n) is 6.32. The number of hydrogen-bond acceptors (Lipinski definition) is 4. The third-order valence-electron chi connectivity index (χ3n) is 4.17. The van der Waals surface area contributed by atoms with Crippen molar-refractivity contribution in [3.8, 4) is 0 Å². The number of guanidine groups is 1. The van der Waals surface area contributed by atoms with Gasteiger partial charge in [-0.3, -0.25) is 4.99 Å². The van der Waals surface area contributed by atoms with Crippen molar-refractivity contribution < 1.29 is 13.2 Å². The van der Waals surface area contributed by atoms with Crippen molar-refractivity contribution in [2.75, 3.05) is 39.3 Å². The molecule has 1 aromatic rings. The lowest BCUT2D eigenvalue weighted by atomic mass is 10.3. The number of thiazole rings is 1. The van der Waals surface area contributed by atoms with E-state index in [-0.39, 0.29) is 24.0 Å². The fourth-order valence-electron chi connectivity index (χ4n) is 2.83. The molecule has 0 radical (unpaired) electrons. The molecule has 1 saturated heterocycles. The molecule has 1 fully saturated rings. The molecule has 1 aliphatic heterocycles. The lowest BCUT2D eigenvalue weighted by Gasteiger charge is -2.14. The summed E-state index contributed by atoms with van der Waals surface area (Å²) in [7, 11) is 0. The van der Waals surface area contributed by atoms with Crippen LogP contribution in [-0.4, -0.2) is 55.1 Å². The molecule has 0 atom stereocenters. The van der Waals surface area contributed by atoms with E-state index in [0.717, 1.165) is 49.2 Å². The summed E-state index contributed by atoms with van der Waals surface area (Å²) < 4.78 is 37.6. The molecule has 0 bridgehead atoms. The number of aromatic nitrogens is 1. The van der Waals surface area contributed by atoms with Gasteiger partial charge < -0.3 is 15.5 Å². The molecule has 1 aliphatic rings. The van der Waals surface area contributed by atoms with Crippen LogP contribution in [0.2, 0.25) is 0 Å². The number of alkyl halides is 3. The summed E-state index contributed by atoms with van der Waals surface area (Å²) in [5.74, 6) is 0.710. The number of likely N-dealkylation sites (tertiary alicyclic amines) is 1. The predicted molar refractivity (Wildman–Crippen MR) is 115 cm³/mol. The van der Waals surface area contributed by atoms with Crippen molar-refractivity contribution in [1.29, 1.82) is 0 Å². The van der Waals surface area contributed by atoms with E-state index in [1.54, 1.807) is 0 Å². The van der Waals surface area contributed by atoms with Crippen LogP contribution in [0, 0.1) is 0 Å². The number of rotatable bonds is 9. The van der Waals surface area contributed by atoms with E-state index < -0.39 is 11.9 Å². The Hall–Kier alpha value is -0.620. The van der Waals surface area contributed by atoms with Gasteiger partial charge in [-0.25, -0.2) is 4.98 Å². The first-order valence-corrected chi connectivity index (χ1v) is 10.1. The molecule has 0 aliphatic carbocycles. The van der Waals surface area contributed by atoms with Crippen LogP contribution in [0.5, 0.6) is 0 Å². The van der Waals surface area contributed by atoms with Gasteiger partial charge in [-0.05, 0) is 52.2 Å². The van der Waals surface area contributed by atoms with Crippen LogP contribution in [0.15, 0.2) is 10.4 Å². The Morgan fingerprint density at radius 1 is 1.26 bits per heavy atom. The first kappa shape index (κ1) is 24.4. The smallest absolute Gasteiger partial charge is 0.357 e. The van der Waals surface area contributed by atoms with Crippen molar-refractivity contribution in [2.45, 2.75) is 45.2 Å². The quantitative estimate of drug-likeness (QED) is 0.226. The lowest BCUT2D eigenvalue weighted by molar-refractivity contribution is -0.140. The van der Waals surface area contributed by atoms with Gasteiger partial charge >= 0.3 is 6.18 Å². The third-order valence-corrected chi connectivity index (χ3v) is 5.08. The Balaban J connectivity index is 0.00000364. The molecular formula is C17H29F3IN5S. The zero-order valence-electron chi connectivity index (χ0n) is 15.6. The number of aliphatic imine (C=N–C) groups is 1. The maximum atomic E-state index is 12.5. The Kier molecular flexibility index (Phi) is 11.5. The van der Waals surface area contributed by atoms with Crippen LogP contribution < -0.4 is 10.6 Å². The van der Waals surface area contributed by atoms with Crippen LogP contribution in [0.25, 0.3) is 0 Å². The molecule has 2 N–H and O–H groups in total. The van der Waals surface area contributed by atoms with Crippen LogP contribution in [0.1, 0.15) is 43.3 Å². The Labute approximate surface area is 180 Å². The first-order valence-electron chi connectivity index (χ1n) is 9.25. The van der Waals surface area contributed by atoms with Gasteiger partial charge in [-0.2, -0.15) is 13.2 Å². The highest BCUT2D eigenvalue weighted by atomic mass is 127. The fraction of sp³-hybridized carbons (Fsp3) is 0.765. The average Bonchev–Trinajstić information content (AvgIpc) is 3.25. The Morgan fingerprint density at radius 3 is 2.63 bits per heavy atom. The highest BCUT2D eigenvalue weighted by Crippen LogP contribution is 2.29. The van der Waals surface area contributed by atoms with Gasteiger partial charge in [-0.15, -0.1) is 35.3 Å². The van der Waals surface area contributed by atoms with E-state index >= 15 is 0 Å². The van der Waals surface area contributed by atoms with Crippen LogP contribution in [0.3, 0.4) is 0 Å². The number of nitrogens with zero attached hydrogens (tertiary/aromatic N) is 3. The monoisotopic (exact) mass is 519 g/mol. The number of unbranched alkanes of at least 4 members (excludes halogenated alkanes) is 1. The summed E-state index contributed by atoms with van der Waals surface area (Å²) >= 11 is 1.04. The minimum absolute atomic E-state index is 0. The van der Waals surface area contributed by atoms with E-state index in [0.29, 0.717) is 23.9 Å². The topological polar surface area (TPSA) is 52.6 Å². The van der Waals surface area contributed by atoms with Gasteiger partial charge in [0.05, 0.1) is 5.01 Å². The minimum Gasteiger partial charge on any atom is -0.357 e. The third kappa shape index (κ3) is 9.42. The van der Waals surface area contributed by atoms with Crippen LogP contribution in [-0.2, 0) is 12.6 Å². The standard InChI is InChI=1S/C17H28F3N5S.HI/c1-2-21-16(22-8-3-4-10-25-11-5-6-12-25)23-9-7-15-24-14(13-26-15)17(18,19)20;/h13H,2-12H2,1H3,(H2,21,22,23);1H. The Morgan fingerprint density at radius 2 is 2.00 bits per heavy atom. The largest absolute Gasteiger partial charge is 0.434 e. The number of hydrogen-bond donors (Lipinski definition) is 2. The van der Waals surface area contributed by atoms with Gasteiger partial charge in [0.25, 0.3) is 0 Å². The summed E-state index contributed by atoms with van der Waals surface area (Å²) in [5.41, 5.74) is -0.809. The molecule has 156 valence electrons. The number of nitrogens with one attached hydrogen (secondary N) is 2. The molecule has 5 nitrogen and oxygen atoms in total. The van der Waals surface area contributed by atoms with Gasteiger partial charge in [0, 0.05) is 31.4 Å². The van der Waals surface area contributed by atoms with Crippen molar-refractivity contribution in [3.63, 3.8) is 0 Å². The highest BCUT2D eigenvalue weighted by Gasteiger charge is 2.33. The molecule has 2 rings (SSSR count). The van der Waals surface area contributed by atoms with E-state index in [4.69, 9.17) is 0 Å². The summed E-state index contributed by atoms with van der Waals surface area (Å²) in [6.07, 6.45) is 0.886. The molecule has 1 aromatic heterocycles. The first-order chi connectivity index (χ1) is 12.5. The molecule has 0 spiro atoms. The molecule has 0 saturated carbocycles. The average molecular weight is 519 g/mol. The molecule has 2 heterocycles. The van der Waals surface area contributed by atoms with Crippen molar-refractivity contribution in [1.82, 2.24) is 20.5 Å². The van der Waals surface area contributed by atoms with Gasteiger partial charge in [0.2, 0.25) is 0 Å². The number of halogens is 4. The summed E-state index contributed by atoms with van der Waals surface area (Å²) in [6, 6.07) is 0. The molecule has 0 aromatic carbocycles. The summed E-state index contributed by atoms with van der Waals surface area (Å²) in [5, 5.41) is 7.87. The van der Waals surface area contributed by atoms with Gasteiger partial charge in [-0.1, -0.05) is 0 Å². The Bertz CT molecular complexity index is 559. The van der Waals surface area contributed by atoms with E-state index in [9.17, 15) is 13.2 Å².